The first-order chi connectivity index (χ1) is 12.6. The molecular formula is C21H23N3OS. The van der Waals surface area contributed by atoms with E-state index >= 15 is 0 Å². The van der Waals surface area contributed by atoms with Gasteiger partial charge in [-0.3, -0.25) is 4.79 Å². The SMILES string of the molecule is CC[C@@H]1c2ccsc2CCN1C(=O)c1cc(C)n(-c2ccccn2)c1C. The summed E-state index contributed by atoms with van der Waals surface area (Å²) in [7, 11) is 0. The lowest BCUT2D eigenvalue weighted by atomic mass is 9.97. The first-order valence-electron chi connectivity index (χ1n) is 9.09. The molecule has 0 unspecified atom stereocenters. The molecule has 0 aromatic carbocycles. The van der Waals surface area contributed by atoms with Crippen molar-refractivity contribution in [3.05, 3.63) is 69.3 Å². The van der Waals surface area contributed by atoms with Crippen LogP contribution in [0.4, 0.5) is 0 Å². The van der Waals surface area contributed by atoms with Gasteiger partial charge in [-0.05, 0) is 61.9 Å². The smallest absolute Gasteiger partial charge is 0.256 e. The fourth-order valence-corrected chi connectivity index (χ4v) is 4.98. The zero-order valence-corrected chi connectivity index (χ0v) is 16.2. The third-order valence-corrected chi connectivity index (χ3v) is 6.28. The number of thiophene rings is 1. The topological polar surface area (TPSA) is 38.1 Å². The van der Waals surface area contributed by atoms with Crippen LogP contribution >= 0.6 is 11.3 Å². The van der Waals surface area contributed by atoms with E-state index in [2.05, 4.69) is 32.8 Å². The molecule has 4 heterocycles. The van der Waals surface area contributed by atoms with Crippen LogP contribution in [0.25, 0.3) is 5.82 Å². The van der Waals surface area contributed by atoms with Crippen LogP contribution in [-0.2, 0) is 6.42 Å². The van der Waals surface area contributed by atoms with Crippen LogP contribution in [0.3, 0.4) is 0 Å². The van der Waals surface area contributed by atoms with E-state index < -0.39 is 0 Å². The number of amides is 1. The highest BCUT2D eigenvalue weighted by Gasteiger charge is 2.32. The molecule has 134 valence electrons. The van der Waals surface area contributed by atoms with E-state index in [9.17, 15) is 4.79 Å². The van der Waals surface area contributed by atoms with Crippen molar-refractivity contribution in [2.24, 2.45) is 0 Å². The third-order valence-electron chi connectivity index (χ3n) is 5.28. The number of carbonyl (C=O) groups excluding carboxylic acids is 1. The molecule has 0 saturated carbocycles. The molecule has 1 amide bonds. The van der Waals surface area contributed by atoms with Gasteiger partial charge in [-0.15, -0.1) is 11.3 Å². The molecule has 0 aliphatic carbocycles. The predicted octanol–water partition coefficient (Wildman–Crippen LogP) is 4.70. The minimum atomic E-state index is 0.129. The van der Waals surface area contributed by atoms with E-state index in [1.54, 1.807) is 6.20 Å². The number of fused-ring (bicyclic) bond motifs is 1. The minimum absolute atomic E-state index is 0.129. The molecule has 0 radical (unpaired) electrons. The van der Waals surface area contributed by atoms with E-state index in [1.165, 1.54) is 10.4 Å². The highest BCUT2D eigenvalue weighted by Crippen LogP contribution is 2.36. The van der Waals surface area contributed by atoms with Gasteiger partial charge in [0.1, 0.15) is 5.82 Å². The molecule has 3 aromatic heterocycles. The summed E-state index contributed by atoms with van der Waals surface area (Å²) in [5.41, 5.74) is 4.10. The molecule has 0 bridgehead atoms. The Balaban J connectivity index is 1.72. The van der Waals surface area contributed by atoms with E-state index in [-0.39, 0.29) is 11.9 Å². The quantitative estimate of drug-likeness (QED) is 0.675. The Labute approximate surface area is 158 Å². The summed E-state index contributed by atoms with van der Waals surface area (Å²) >= 11 is 1.81. The van der Waals surface area contributed by atoms with Crippen LogP contribution in [-0.4, -0.2) is 26.9 Å². The van der Waals surface area contributed by atoms with Crippen molar-refractivity contribution in [1.29, 1.82) is 0 Å². The molecule has 1 aliphatic rings. The lowest BCUT2D eigenvalue weighted by Crippen LogP contribution is -2.39. The van der Waals surface area contributed by atoms with Crippen LogP contribution in [0, 0.1) is 13.8 Å². The molecule has 4 rings (SSSR count). The van der Waals surface area contributed by atoms with E-state index in [0.29, 0.717) is 0 Å². The number of rotatable bonds is 3. The molecule has 0 spiro atoms. The molecular weight excluding hydrogens is 342 g/mol. The molecule has 1 atom stereocenters. The maximum Gasteiger partial charge on any atom is 0.256 e. The second-order valence-electron chi connectivity index (χ2n) is 6.78. The van der Waals surface area contributed by atoms with E-state index in [4.69, 9.17) is 0 Å². The van der Waals surface area contributed by atoms with Gasteiger partial charge in [-0.2, -0.15) is 0 Å². The van der Waals surface area contributed by atoms with Crippen molar-refractivity contribution in [2.75, 3.05) is 6.54 Å². The van der Waals surface area contributed by atoms with Gasteiger partial charge < -0.3 is 9.47 Å². The molecule has 0 N–H and O–H groups in total. The maximum absolute atomic E-state index is 13.4. The molecule has 5 heteroatoms. The number of pyridine rings is 1. The van der Waals surface area contributed by atoms with Crippen LogP contribution in [0.2, 0.25) is 0 Å². The highest BCUT2D eigenvalue weighted by atomic mass is 32.1. The van der Waals surface area contributed by atoms with Gasteiger partial charge in [0.25, 0.3) is 5.91 Å². The summed E-state index contributed by atoms with van der Waals surface area (Å²) in [4.78, 5) is 21.3. The fourth-order valence-electron chi connectivity index (χ4n) is 4.05. The number of aryl methyl sites for hydroxylation is 1. The van der Waals surface area contributed by atoms with Gasteiger partial charge in [0.15, 0.2) is 0 Å². The summed E-state index contributed by atoms with van der Waals surface area (Å²) in [6.07, 6.45) is 3.67. The molecule has 26 heavy (non-hydrogen) atoms. The standard InChI is InChI=1S/C21H23N3OS/c1-4-18-16-9-12-26-19(16)8-11-23(18)21(25)17-13-14(2)24(15(17)3)20-7-5-6-10-22-20/h5-7,9-10,12-13,18H,4,8,11H2,1-3H3/t18-/m1/s1. The van der Waals surface area contributed by atoms with Gasteiger partial charge in [0.05, 0.1) is 11.6 Å². The Bertz CT molecular complexity index is 942. The first kappa shape index (κ1) is 17.0. The molecule has 4 nitrogen and oxygen atoms in total. The Hall–Kier alpha value is -2.40. The Morgan fingerprint density at radius 3 is 2.88 bits per heavy atom. The van der Waals surface area contributed by atoms with Crippen LogP contribution < -0.4 is 0 Å². The summed E-state index contributed by atoms with van der Waals surface area (Å²) in [6, 6.07) is 10.2. The Morgan fingerprint density at radius 2 is 2.15 bits per heavy atom. The maximum atomic E-state index is 13.4. The van der Waals surface area contributed by atoms with Gasteiger partial charge in [0.2, 0.25) is 0 Å². The number of nitrogens with zero attached hydrogens (tertiary/aromatic N) is 3. The normalized spacial score (nSPS) is 16.6. The van der Waals surface area contributed by atoms with Gasteiger partial charge in [0, 0.05) is 29.0 Å². The Morgan fingerprint density at radius 1 is 1.31 bits per heavy atom. The van der Waals surface area contributed by atoms with Crippen LogP contribution in [0.15, 0.2) is 41.9 Å². The summed E-state index contributed by atoms with van der Waals surface area (Å²) in [5.74, 6) is 0.983. The lowest BCUT2D eigenvalue weighted by Gasteiger charge is -2.35. The van der Waals surface area contributed by atoms with Gasteiger partial charge in [-0.25, -0.2) is 4.98 Å². The molecule has 1 aliphatic heterocycles. The van der Waals surface area contributed by atoms with Crippen LogP contribution in [0.1, 0.15) is 51.6 Å². The third kappa shape index (κ3) is 2.67. The fraction of sp³-hybridized carbons (Fsp3) is 0.333. The van der Waals surface area contributed by atoms with E-state index in [0.717, 1.165) is 42.2 Å². The zero-order chi connectivity index (χ0) is 18.3. The summed E-state index contributed by atoms with van der Waals surface area (Å²) in [6.45, 7) is 6.99. The van der Waals surface area contributed by atoms with Crippen molar-refractivity contribution in [1.82, 2.24) is 14.5 Å². The number of carbonyl (C=O) groups is 1. The second kappa shape index (κ2) is 6.72. The zero-order valence-electron chi connectivity index (χ0n) is 15.4. The molecule has 0 fully saturated rings. The van der Waals surface area contributed by atoms with Crippen molar-refractivity contribution in [3.8, 4) is 5.82 Å². The average molecular weight is 366 g/mol. The number of hydrogen-bond acceptors (Lipinski definition) is 3. The van der Waals surface area contributed by atoms with Gasteiger partial charge >= 0.3 is 0 Å². The van der Waals surface area contributed by atoms with Crippen LogP contribution in [0.5, 0.6) is 0 Å². The molecule has 0 saturated heterocycles. The minimum Gasteiger partial charge on any atom is -0.331 e. The highest BCUT2D eigenvalue weighted by molar-refractivity contribution is 7.10. The predicted molar refractivity (Wildman–Crippen MR) is 105 cm³/mol. The monoisotopic (exact) mass is 365 g/mol. The number of hydrogen-bond donors (Lipinski definition) is 0. The average Bonchev–Trinajstić information content (AvgIpc) is 3.25. The van der Waals surface area contributed by atoms with Crippen molar-refractivity contribution < 1.29 is 4.79 Å². The number of aromatic nitrogens is 2. The van der Waals surface area contributed by atoms with Crippen molar-refractivity contribution >= 4 is 17.2 Å². The Kier molecular flexibility index (Phi) is 4.41. The summed E-state index contributed by atoms with van der Waals surface area (Å²) in [5, 5.41) is 2.15. The second-order valence-corrected chi connectivity index (χ2v) is 7.78. The lowest BCUT2D eigenvalue weighted by molar-refractivity contribution is 0.0656. The van der Waals surface area contributed by atoms with Crippen molar-refractivity contribution in [3.63, 3.8) is 0 Å². The van der Waals surface area contributed by atoms with E-state index in [1.807, 2.05) is 49.4 Å². The molecule has 3 aromatic rings. The largest absolute Gasteiger partial charge is 0.331 e. The first-order valence-corrected chi connectivity index (χ1v) is 9.97. The van der Waals surface area contributed by atoms with Crippen molar-refractivity contribution in [2.45, 2.75) is 39.7 Å². The van der Waals surface area contributed by atoms with Gasteiger partial charge in [-0.1, -0.05) is 13.0 Å². The summed E-state index contributed by atoms with van der Waals surface area (Å²) < 4.78 is 2.06.